The maximum absolute atomic E-state index is 2.47. The van der Waals surface area contributed by atoms with Crippen molar-refractivity contribution < 1.29 is 0 Å². The van der Waals surface area contributed by atoms with E-state index in [4.69, 9.17) is 0 Å². The molecule has 0 fully saturated rings. The first-order valence-corrected chi connectivity index (χ1v) is 7.08. The third-order valence-corrected chi connectivity index (χ3v) is 4.27. The second kappa shape index (κ2) is 8.19. The van der Waals surface area contributed by atoms with E-state index in [2.05, 4.69) is 41.5 Å². The van der Waals surface area contributed by atoms with Crippen LogP contribution in [0.2, 0.25) is 0 Å². The highest BCUT2D eigenvalue weighted by Gasteiger charge is 2.26. The molecule has 0 aliphatic rings. The van der Waals surface area contributed by atoms with Crippen LogP contribution in [-0.2, 0) is 0 Å². The summed E-state index contributed by atoms with van der Waals surface area (Å²) in [6, 6.07) is 0. The van der Waals surface area contributed by atoms with Crippen molar-refractivity contribution in [3.05, 3.63) is 0 Å². The number of hydrogen-bond donors (Lipinski definition) is 0. The normalized spacial score (nSPS) is 19.6. The summed E-state index contributed by atoms with van der Waals surface area (Å²) in [6.07, 6.45) is 6.86. The molecule has 0 N–H and O–H groups in total. The van der Waals surface area contributed by atoms with Crippen LogP contribution >= 0.6 is 0 Å². The molecule has 3 atom stereocenters. The highest BCUT2D eigenvalue weighted by atomic mass is 14.3. The molecule has 0 saturated carbocycles. The first-order valence-electron chi connectivity index (χ1n) is 7.08. The predicted molar refractivity (Wildman–Crippen MR) is 71.1 cm³/mol. The van der Waals surface area contributed by atoms with Crippen molar-refractivity contribution in [3.63, 3.8) is 0 Å². The summed E-state index contributed by atoms with van der Waals surface area (Å²) in [5.41, 5.74) is 0. The molecule has 3 unspecified atom stereocenters. The summed E-state index contributed by atoms with van der Waals surface area (Å²) in [5, 5.41) is 0. The molecule has 0 aromatic heterocycles. The van der Waals surface area contributed by atoms with E-state index in [0.29, 0.717) is 0 Å². The molecule has 0 bridgehead atoms. The number of hydrogen-bond acceptors (Lipinski definition) is 0. The third-order valence-electron chi connectivity index (χ3n) is 4.27. The summed E-state index contributed by atoms with van der Waals surface area (Å²) < 4.78 is 0. The van der Waals surface area contributed by atoms with Crippen molar-refractivity contribution in [2.75, 3.05) is 0 Å². The molecule has 0 saturated heterocycles. The zero-order valence-electron chi connectivity index (χ0n) is 11.8. The van der Waals surface area contributed by atoms with Crippen molar-refractivity contribution in [2.24, 2.45) is 23.7 Å². The van der Waals surface area contributed by atoms with Crippen molar-refractivity contribution in [1.29, 1.82) is 0 Å². The summed E-state index contributed by atoms with van der Waals surface area (Å²) in [7, 11) is 0. The lowest BCUT2D eigenvalue weighted by atomic mass is 9.72. The quantitative estimate of drug-likeness (QED) is 0.497. The van der Waals surface area contributed by atoms with E-state index < -0.39 is 0 Å². The first kappa shape index (κ1) is 15.0. The minimum Gasteiger partial charge on any atom is -0.0654 e. The molecule has 0 spiro atoms. The predicted octanol–water partition coefficient (Wildman–Crippen LogP) is 5.52. The number of unbranched alkanes of at least 4 members (excludes halogenated alkanes) is 1. The molecule has 15 heavy (non-hydrogen) atoms. The molecule has 0 heteroatoms. The Morgan fingerprint density at radius 2 is 1.20 bits per heavy atom. The fraction of sp³-hybridized carbons (Fsp3) is 1.00. The molecule has 92 valence electrons. The minimum atomic E-state index is 0.895. The topological polar surface area (TPSA) is 0 Å². The maximum atomic E-state index is 2.47. The Balaban J connectivity index is 4.33. The van der Waals surface area contributed by atoms with E-state index in [-0.39, 0.29) is 0 Å². The average molecular weight is 212 g/mol. The Bertz CT molecular complexity index is 129. The van der Waals surface area contributed by atoms with Gasteiger partial charge in [-0.05, 0) is 23.7 Å². The lowest BCUT2D eigenvalue weighted by Crippen LogP contribution is -2.26. The van der Waals surface area contributed by atoms with E-state index in [1.54, 1.807) is 0 Å². The minimum absolute atomic E-state index is 0.895. The van der Waals surface area contributed by atoms with Gasteiger partial charge in [0.15, 0.2) is 0 Å². The van der Waals surface area contributed by atoms with Crippen LogP contribution in [0.5, 0.6) is 0 Å². The summed E-state index contributed by atoms with van der Waals surface area (Å²) in [6.45, 7) is 14.3. The van der Waals surface area contributed by atoms with E-state index in [9.17, 15) is 0 Å². The van der Waals surface area contributed by atoms with Crippen LogP contribution in [0.15, 0.2) is 0 Å². The Labute approximate surface area is 97.8 Å². The molecule has 0 heterocycles. The Morgan fingerprint density at radius 3 is 1.53 bits per heavy atom. The monoisotopic (exact) mass is 212 g/mol. The van der Waals surface area contributed by atoms with Crippen LogP contribution in [0.3, 0.4) is 0 Å². The van der Waals surface area contributed by atoms with E-state index in [1.807, 2.05) is 0 Å². The van der Waals surface area contributed by atoms with Crippen molar-refractivity contribution in [3.8, 4) is 0 Å². The van der Waals surface area contributed by atoms with Crippen LogP contribution in [0.1, 0.15) is 73.6 Å². The van der Waals surface area contributed by atoms with Gasteiger partial charge >= 0.3 is 0 Å². The Morgan fingerprint density at radius 1 is 0.733 bits per heavy atom. The van der Waals surface area contributed by atoms with Gasteiger partial charge in [-0.15, -0.1) is 0 Å². The van der Waals surface area contributed by atoms with E-state index >= 15 is 0 Å². The lowest BCUT2D eigenvalue weighted by molar-refractivity contribution is 0.158. The second-order valence-corrected chi connectivity index (χ2v) is 5.47. The number of rotatable bonds is 8. The van der Waals surface area contributed by atoms with Crippen LogP contribution in [0.25, 0.3) is 0 Å². The molecule has 0 aliphatic carbocycles. The maximum Gasteiger partial charge on any atom is -0.0337 e. The molecule has 0 aromatic rings. The van der Waals surface area contributed by atoms with Gasteiger partial charge in [0.05, 0.1) is 0 Å². The van der Waals surface area contributed by atoms with Crippen LogP contribution in [0, 0.1) is 23.7 Å². The summed E-state index contributed by atoms with van der Waals surface area (Å²) >= 11 is 0. The molecule has 0 aliphatic heterocycles. The third kappa shape index (κ3) is 5.04. The van der Waals surface area contributed by atoms with E-state index in [1.165, 1.54) is 32.1 Å². The van der Waals surface area contributed by atoms with Gasteiger partial charge in [0, 0.05) is 0 Å². The van der Waals surface area contributed by atoms with Gasteiger partial charge < -0.3 is 0 Å². The van der Waals surface area contributed by atoms with Crippen molar-refractivity contribution >= 4 is 0 Å². The molecule has 0 nitrogen and oxygen atoms in total. The van der Waals surface area contributed by atoms with Crippen LogP contribution < -0.4 is 0 Å². The van der Waals surface area contributed by atoms with Gasteiger partial charge in [0.1, 0.15) is 0 Å². The largest absolute Gasteiger partial charge is 0.0654 e. The average Bonchev–Trinajstić information content (AvgIpc) is 2.25. The van der Waals surface area contributed by atoms with Gasteiger partial charge in [-0.25, -0.2) is 0 Å². The summed E-state index contributed by atoms with van der Waals surface area (Å²) in [5.74, 6) is 3.64. The molecular weight excluding hydrogens is 180 g/mol. The van der Waals surface area contributed by atoms with Crippen molar-refractivity contribution in [2.45, 2.75) is 73.6 Å². The lowest BCUT2D eigenvalue weighted by Gasteiger charge is -2.34. The fourth-order valence-corrected chi connectivity index (χ4v) is 2.95. The SMILES string of the molecule is CCCCC(C)C(C(C)CC)C(C)CC. The highest BCUT2D eigenvalue weighted by Crippen LogP contribution is 2.34. The zero-order chi connectivity index (χ0) is 11.8. The van der Waals surface area contributed by atoms with Gasteiger partial charge in [-0.3, -0.25) is 0 Å². The summed E-state index contributed by atoms with van der Waals surface area (Å²) in [4.78, 5) is 0. The molecule has 0 amide bonds. The van der Waals surface area contributed by atoms with Gasteiger partial charge in [0.25, 0.3) is 0 Å². The highest BCUT2D eigenvalue weighted by molar-refractivity contribution is 4.76. The van der Waals surface area contributed by atoms with Gasteiger partial charge in [-0.2, -0.15) is 0 Å². The molecule has 0 aromatic carbocycles. The molecule has 0 rings (SSSR count). The van der Waals surface area contributed by atoms with Gasteiger partial charge in [-0.1, -0.05) is 73.6 Å². The van der Waals surface area contributed by atoms with E-state index in [0.717, 1.165) is 23.7 Å². The van der Waals surface area contributed by atoms with Gasteiger partial charge in [0.2, 0.25) is 0 Å². The zero-order valence-corrected chi connectivity index (χ0v) is 11.8. The van der Waals surface area contributed by atoms with Crippen LogP contribution in [-0.4, -0.2) is 0 Å². The van der Waals surface area contributed by atoms with Crippen LogP contribution in [0.4, 0.5) is 0 Å². The smallest absolute Gasteiger partial charge is 0.0337 e. The molecule has 0 radical (unpaired) electrons. The van der Waals surface area contributed by atoms with Crippen molar-refractivity contribution in [1.82, 2.24) is 0 Å². The molecular formula is C15H32. The second-order valence-electron chi connectivity index (χ2n) is 5.47. The first-order chi connectivity index (χ1) is 7.08. The fourth-order valence-electron chi connectivity index (χ4n) is 2.95. The standard InChI is InChI=1S/C15H32/c1-7-10-11-14(6)15(12(4)8-2)13(5)9-3/h12-15H,7-11H2,1-6H3. The Hall–Kier alpha value is 0. The Kier molecular flexibility index (Phi) is 8.19.